The summed E-state index contributed by atoms with van der Waals surface area (Å²) in [6, 6.07) is 13.2. The van der Waals surface area contributed by atoms with Crippen LogP contribution in [-0.2, 0) is 19.1 Å². The van der Waals surface area contributed by atoms with Crippen LogP contribution in [0, 0.1) is 25.7 Å². The third-order valence-corrected chi connectivity index (χ3v) is 8.34. The summed E-state index contributed by atoms with van der Waals surface area (Å²) in [4.78, 5) is 42.8. The Labute approximate surface area is 211 Å². The molecule has 2 bridgehead atoms. The number of carbonyl (C=O) groups excluding carboxylic acids is 3. The highest BCUT2D eigenvalue weighted by molar-refractivity contribution is 6.04. The predicted octanol–water partition coefficient (Wildman–Crippen LogP) is 2.49. The molecule has 8 nitrogen and oxygen atoms in total. The number of nitrogens with one attached hydrogen (secondary N) is 2. The van der Waals surface area contributed by atoms with E-state index in [4.69, 9.17) is 4.74 Å². The number of anilines is 1. The number of fused-ring (bicyclic) bond motifs is 1. The van der Waals surface area contributed by atoms with Crippen molar-refractivity contribution in [2.24, 2.45) is 11.8 Å². The summed E-state index contributed by atoms with van der Waals surface area (Å²) in [5.41, 5.74) is 1.26. The minimum absolute atomic E-state index is 0.270. The first-order chi connectivity index (χ1) is 17.2. The van der Waals surface area contributed by atoms with Gasteiger partial charge in [0.2, 0.25) is 17.7 Å². The first-order valence-corrected chi connectivity index (χ1v) is 12.4. The standard InChI is InChI=1S/C28H33N3O5/c1-16-10-11-17(2)19(14-16)30-25(34)23-28-13-12-27(3,36-28)21(24(33)29-4)22(28)26(35)31(23)20(15-32)18-8-6-5-7-9-18/h5-11,14,20-23,32H,12-13,15H2,1-4H3,(H,29,33)(H,30,34)/t20-,21-,22+,23?,27+,28?/m1/s1. The first-order valence-electron chi connectivity index (χ1n) is 12.4. The van der Waals surface area contributed by atoms with Gasteiger partial charge in [-0.25, -0.2) is 0 Å². The fourth-order valence-electron chi connectivity index (χ4n) is 6.66. The quantitative estimate of drug-likeness (QED) is 0.576. The van der Waals surface area contributed by atoms with Crippen molar-refractivity contribution in [3.63, 3.8) is 0 Å². The Hall–Kier alpha value is -3.23. The largest absolute Gasteiger partial charge is 0.394 e. The van der Waals surface area contributed by atoms with Crippen LogP contribution >= 0.6 is 0 Å². The molecule has 1 spiro atoms. The van der Waals surface area contributed by atoms with E-state index in [0.717, 1.165) is 11.1 Å². The molecule has 3 aliphatic rings. The SMILES string of the molecule is CNC(=O)[C@H]1[C@H]2C(=O)N([C@H](CO)c3ccccc3)C(C(=O)Nc3cc(C)ccc3C)C23CC[C@]1(C)O3. The summed E-state index contributed by atoms with van der Waals surface area (Å²) < 4.78 is 6.60. The number of aliphatic hydroxyl groups is 1. The third-order valence-electron chi connectivity index (χ3n) is 8.34. The molecular formula is C28H33N3O5. The van der Waals surface area contributed by atoms with Crippen LogP contribution in [0.3, 0.4) is 0 Å². The van der Waals surface area contributed by atoms with Crippen molar-refractivity contribution in [2.75, 3.05) is 19.0 Å². The molecule has 0 radical (unpaired) electrons. The van der Waals surface area contributed by atoms with Gasteiger partial charge in [0.05, 0.1) is 30.1 Å². The molecule has 36 heavy (non-hydrogen) atoms. The van der Waals surface area contributed by atoms with Gasteiger partial charge in [-0.15, -0.1) is 0 Å². The molecule has 2 aromatic carbocycles. The van der Waals surface area contributed by atoms with Crippen molar-refractivity contribution in [3.8, 4) is 0 Å². The molecule has 5 rings (SSSR count). The second-order valence-corrected chi connectivity index (χ2v) is 10.5. The number of hydrogen-bond acceptors (Lipinski definition) is 5. The van der Waals surface area contributed by atoms with Crippen molar-refractivity contribution in [2.45, 2.75) is 56.9 Å². The lowest BCUT2D eigenvalue weighted by Gasteiger charge is -2.37. The minimum Gasteiger partial charge on any atom is -0.394 e. The third kappa shape index (κ3) is 3.46. The Balaban J connectivity index is 1.63. The Bertz CT molecular complexity index is 1220. The van der Waals surface area contributed by atoms with Gasteiger partial charge in [0.25, 0.3) is 0 Å². The lowest BCUT2D eigenvalue weighted by atomic mass is 9.66. The summed E-state index contributed by atoms with van der Waals surface area (Å²) in [6.45, 7) is 5.35. The lowest BCUT2D eigenvalue weighted by Crippen LogP contribution is -2.54. The van der Waals surface area contributed by atoms with E-state index in [1.807, 2.05) is 69.3 Å². The molecule has 3 heterocycles. The molecule has 0 saturated carbocycles. The van der Waals surface area contributed by atoms with Crippen molar-refractivity contribution in [1.29, 1.82) is 0 Å². The van der Waals surface area contributed by atoms with Gasteiger partial charge in [0.15, 0.2) is 0 Å². The van der Waals surface area contributed by atoms with Gasteiger partial charge in [0.1, 0.15) is 11.6 Å². The molecule has 3 N–H and O–H groups in total. The number of amides is 3. The molecule has 3 aliphatic heterocycles. The zero-order chi connectivity index (χ0) is 25.8. The van der Waals surface area contributed by atoms with Crippen LogP contribution in [0.1, 0.15) is 42.5 Å². The second kappa shape index (κ2) is 8.71. The molecule has 6 atom stereocenters. The molecule has 3 saturated heterocycles. The molecular weight excluding hydrogens is 458 g/mol. The van der Waals surface area contributed by atoms with Gasteiger partial charge in [-0.1, -0.05) is 42.5 Å². The number of rotatable bonds is 6. The highest BCUT2D eigenvalue weighted by Gasteiger charge is 2.78. The molecule has 2 unspecified atom stereocenters. The fourth-order valence-corrected chi connectivity index (χ4v) is 6.66. The predicted molar refractivity (Wildman–Crippen MR) is 134 cm³/mol. The van der Waals surface area contributed by atoms with Crippen LogP contribution in [0.5, 0.6) is 0 Å². The van der Waals surface area contributed by atoms with Gasteiger partial charge in [-0.05, 0) is 56.4 Å². The normalized spacial score (nSPS) is 31.3. The van der Waals surface area contributed by atoms with Gasteiger partial charge >= 0.3 is 0 Å². The van der Waals surface area contributed by atoms with Crippen LogP contribution in [0.25, 0.3) is 0 Å². The smallest absolute Gasteiger partial charge is 0.250 e. The number of likely N-dealkylation sites (tertiary alicyclic amines) is 1. The van der Waals surface area contributed by atoms with E-state index in [2.05, 4.69) is 10.6 Å². The summed E-state index contributed by atoms with van der Waals surface area (Å²) in [5.74, 6) is -2.52. The van der Waals surface area contributed by atoms with E-state index < -0.39 is 35.1 Å². The van der Waals surface area contributed by atoms with E-state index in [1.165, 1.54) is 4.90 Å². The van der Waals surface area contributed by atoms with Crippen LogP contribution in [-0.4, -0.2) is 58.6 Å². The Morgan fingerprint density at radius 1 is 1.14 bits per heavy atom. The van der Waals surface area contributed by atoms with Crippen LogP contribution in [0.4, 0.5) is 5.69 Å². The van der Waals surface area contributed by atoms with Crippen molar-refractivity contribution >= 4 is 23.4 Å². The Morgan fingerprint density at radius 3 is 2.53 bits per heavy atom. The van der Waals surface area contributed by atoms with Gasteiger partial charge < -0.3 is 25.4 Å². The van der Waals surface area contributed by atoms with Gasteiger partial charge in [0, 0.05) is 12.7 Å². The summed E-state index contributed by atoms with van der Waals surface area (Å²) in [5, 5.41) is 16.2. The number of benzene rings is 2. The first kappa shape index (κ1) is 24.5. The molecule has 2 aromatic rings. The number of aliphatic hydroxyl groups excluding tert-OH is 1. The molecule has 0 aromatic heterocycles. The van der Waals surface area contributed by atoms with Crippen molar-refractivity contribution in [1.82, 2.24) is 10.2 Å². The maximum Gasteiger partial charge on any atom is 0.250 e. The molecule has 3 fully saturated rings. The van der Waals surface area contributed by atoms with Crippen molar-refractivity contribution in [3.05, 3.63) is 65.2 Å². The molecule has 0 aliphatic carbocycles. The average molecular weight is 492 g/mol. The zero-order valence-electron chi connectivity index (χ0n) is 21.1. The average Bonchev–Trinajstić information content (AvgIpc) is 3.43. The number of aryl methyl sites for hydroxylation is 2. The highest BCUT2D eigenvalue weighted by atomic mass is 16.5. The molecule has 3 amide bonds. The molecule has 190 valence electrons. The number of carbonyl (C=O) groups is 3. The summed E-state index contributed by atoms with van der Waals surface area (Å²) >= 11 is 0. The summed E-state index contributed by atoms with van der Waals surface area (Å²) in [6.07, 6.45) is 1.03. The topological polar surface area (TPSA) is 108 Å². The maximum atomic E-state index is 14.2. The maximum absolute atomic E-state index is 14.2. The fraction of sp³-hybridized carbons (Fsp3) is 0.464. The van der Waals surface area contributed by atoms with E-state index in [0.29, 0.717) is 24.1 Å². The van der Waals surface area contributed by atoms with E-state index in [1.54, 1.807) is 7.05 Å². The van der Waals surface area contributed by atoms with E-state index in [-0.39, 0.29) is 24.3 Å². The van der Waals surface area contributed by atoms with Gasteiger partial charge in [-0.2, -0.15) is 0 Å². The number of ether oxygens (including phenoxy) is 1. The Morgan fingerprint density at radius 2 is 1.86 bits per heavy atom. The van der Waals surface area contributed by atoms with Gasteiger partial charge in [-0.3, -0.25) is 14.4 Å². The van der Waals surface area contributed by atoms with Crippen LogP contribution in [0.2, 0.25) is 0 Å². The lowest BCUT2D eigenvalue weighted by molar-refractivity contribution is -0.148. The van der Waals surface area contributed by atoms with E-state index in [9.17, 15) is 19.5 Å². The monoisotopic (exact) mass is 491 g/mol. The number of nitrogens with zero attached hydrogens (tertiary/aromatic N) is 1. The second-order valence-electron chi connectivity index (χ2n) is 10.5. The molecule has 8 heteroatoms. The summed E-state index contributed by atoms with van der Waals surface area (Å²) in [7, 11) is 1.55. The highest BCUT2D eigenvalue weighted by Crippen LogP contribution is 2.64. The van der Waals surface area contributed by atoms with Crippen molar-refractivity contribution < 1.29 is 24.2 Å². The van der Waals surface area contributed by atoms with E-state index >= 15 is 0 Å². The van der Waals surface area contributed by atoms with Crippen LogP contribution < -0.4 is 10.6 Å². The number of hydrogen-bond donors (Lipinski definition) is 3. The minimum atomic E-state index is -1.16. The Kier molecular flexibility index (Phi) is 5.92. The van der Waals surface area contributed by atoms with Crippen LogP contribution in [0.15, 0.2) is 48.5 Å². The zero-order valence-corrected chi connectivity index (χ0v) is 21.1.